The predicted molar refractivity (Wildman–Crippen MR) is 71.8 cm³/mol. The van der Waals surface area contributed by atoms with Gasteiger partial charge in [0.15, 0.2) is 0 Å². The van der Waals surface area contributed by atoms with Crippen LogP contribution in [0.15, 0.2) is 42.5 Å². The molecule has 6 heteroatoms. The second kappa shape index (κ2) is 6.05. The normalized spacial score (nSPS) is 11.6. The Balaban J connectivity index is 1.91. The molecule has 3 N–H and O–H groups in total. The van der Waals surface area contributed by atoms with Crippen molar-refractivity contribution in [3.8, 4) is 11.5 Å². The van der Waals surface area contributed by atoms with Gasteiger partial charge in [-0.1, -0.05) is 18.2 Å². The van der Waals surface area contributed by atoms with E-state index in [1.807, 2.05) is 0 Å². The summed E-state index contributed by atoms with van der Waals surface area (Å²) in [6.07, 6.45) is -4.33. The van der Waals surface area contributed by atoms with E-state index in [4.69, 9.17) is 5.11 Å². The molecular formula is C15H14F3NO2. The standard InChI is InChI=1S/C15H14F3NO2/c16-15(17,18)12-4-1-10(2-5-12)8-19-9-11-3-6-13(20)7-14(11)21/h1-7,19-21H,8-9H2. The number of rotatable bonds is 4. The molecule has 0 aliphatic heterocycles. The van der Waals surface area contributed by atoms with Crippen LogP contribution in [0, 0.1) is 0 Å². The molecular weight excluding hydrogens is 283 g/mol. The van der Waals surface area contributed by atoms with Crippen LogP contribution in [0.5, 0.6) is 11.5 Å². The smallest absolute Gasteiger partial charge is 0.416 e. The average molecular weight is 297 g/mol. The maximum Gasteiger partial charge on any atom is 0.416 e. The molecule has 0 fully saturated rings. The number of alkyl halides is 3. The van der Waals surface area contributed by atoms with Crippen LogP contribution in [0.3, 0.4) is 0 Å². The van der Waals surface area contributed by atoms with E-state index in [9.17, 15) is 18.3 Å². The molecule has 0 aliphatic carbocycles. The van der Waals surface area contributed by atoms with Gasteiger partial charge < -0.3 is 15.5 Å². The molecule has 3 nitrogen and oxygen atoms in total. The van der Waals surface area contributed by atoms with Crippen molar-refractivity contribution in [3.63, 3.8) is 0 Å². The van der Waals surface area contributed by atoms with Crippen LogP contribution in [0.1, 0.15) is 16.7 Å². The van der Waals surface area contributed by atoms with Crippen molar-refractivity contribution in [2.75, 3.05) is 0 Å². The van der Waals surface area contributed by atoms with Crippen LogP contribution in [0.25, 0.3) is 0 Å². The molecule has 21 heavy (non-hydrogen) atoms. The Labute approximate surface area is 119 Å². The fraction of sp³-hybridized carbons (Fsp3) is 0.200. The molecule has 2 aromatic carbocycles. The SMILES string of the molecule is Oc1ccc(CNCc2ccc(C(F)(F)F)cc2)c(O)c1. The van der Waals surface area contributed by atoms with Gasteiger partial charge in [0.25, 0.3) is 0 Å². The number of halogens is 3. The molecule has 0 aromatic heterocycles. The highest BCUT2D eigenvalue weighted by atomic mass is 19.4. The average Bonchev–Trinajstić information content (AvgIpc) is 2.41. The topological polar surface area (TPSA) is 52.5 Å². The summed E-state index contributed by atoms with van der Waals surface area (Å²) in [6.45, 7) is 0.714. The molecule has 0 atom stereocenters. The number of nitrogens with one attached hydrogen (secondary N) is 1. The molecule has 0 amide bonds. The van der Waals surface area contributed by atoms with Crippen molar-refractivity contribution >= 4 is 0 Å². The van der Waals surface area contributed by atoms with Crippen LogP contribution in [-0.2, 0) is 19.3 Å². The van der Waals surface area contributed by atoms with Crippen LogP contribution in [0.2, 0.25) is 0 Å². The molecule has 0 radical (unpaired) electrons. The zero-order valence-corrected chi connectivity index (χ0v) is 11.0. The van der Waals surface area contributed by atoms with Gasteiger partial charge in [0.05, 0.1) is 5.56 Å². The zero-order chi connectivity index (χ0) is 15.5. The van der Waals surface area contributed by atoms with Crippen molar-refractivity contribution < 1.29 is 23.4 Å². The van der Waals surface area contributed by atoms with E-state index >= 15 is 0 Å². The van der Waals surface area contributed by atoms with E-state index in [1.165, 1.54) is 24.3 Å². The van der Waals surface area contributed by atoms with Crippen molar-refractivity contribution in [1.82, 2.24) is 5.32 Å². The van der Waals surface area contributed by atoms with E-state index in [0.717, 1.165) is 12.1 Å². The summed E-state index contributed by atoms with van der Waals surface area (Å²) in [7, 11) is 0. The fourth-order valence-electron chi connectivity index (χ4n) is 1.85. The summed E-state index contributed by atoms with van der Waals surface area (Å²) < 4.78 is 37.2. The van der Waals surface area contributed by atoms with Gasteiger partial charge in [0.1, 0.15) is 11.5 Å². The highest BCUT2D eigenvalue weighted by molar-refractivity contribution is 5.38. The summed E-state index contributed by atoms with van der Waals surface area (Å²) >= 11 is 0. The van der Waals surface area contributed by atoms with E-state index in [2.05, 4.69) is 5.32 Å². The van der Waals surface area contributed by atoms with Gasteiger partial charge in [-0.2, -0.15) is 13.2 Å². The van der Waals surface area contributed by atoms with E-state index < -0.39 is 11.7 Å². The molecule has 2 rings (SSSR count). The Kier molecular flexibility index (Phi) is 4.37. The molecule has 0 unspecified atom stereocenters. The van der Waals surface area contributed by atoms with Gasteiger partial charge in [-0.25, -0.2) is 0 Å². The lowest BCUT2D eigenvalue weighted by Crippen LogP contribution is -2.13. The van der Waals surface area contributed by atoms with Crippen LogP contribution in [-0.4, -0.2) is 10.2 Å². The fourth-order valence-corrected chi connectivity index (χ4v) is 1.85. The van der Waals surface area contributed by atoms with Gasteiger partial charge in [-0.15, -0.1) is 0 Å². The Morgan fingerprint density at radius 2 is 1.57 bits per heavy atom. The Bertz CT molecular complexity index is 609. The second-order valence-electron chi connectivity index (χ2n) is 4.61. The largest absolute Gasteiger partial charge is 0.508 e. The quantitative estimate of drug-likeness (QED) is 0.810. The summed E-state index contributed by atoms with van der Waals surface area (Å²) in [5.41, 5.74) is 0.628. The van der Waals surface area contributed by atoms with E-state index in [-0.39, 0.29) is 11.5 Å². The number of hydrogen-bond acceptors (Lipinski definition) is 3. The van der Waals surface area contributed by atoms with Gasteiger partial charge in [0.2, 0.25) is 0 Å². The predicted octanol–water partition coefficient (Wildman–Crippen LogP) is 3.41. The lowest BCUT2D eigenvalue weighted by Gasteiger charge is -2.09. The lowest BCUT2D eigenvalue weighted by atomic mass is 10.1. The van der Waals surface area contributed by atoms with E-state index in [0.29, 0.717) is 24.2 Å². The van der Waals surface area contributed by atoms with Crippen LogP contribution >= 0.6 is 0 Å². The van der Waals surface area contributed by atoms with Crippen LogP contribution < -0.4 is 5.32 Å². The van der Waals surface area contributed by atoms with Crippen LogP contribution in [0.4, 0.5) is 13.2 Å². The summed E-state index contributed by atoms with van der Waals surface area (Å²) in [6, 6.07) is 9.15. The Morgan fingerprint density at radius 3 is 2.14 bits per heavy atom. The number of hydrogen-bond donors (Lipinski definition) is 3. The summed E-state index contributed by atoms with van der Waals surface area (Å²) in [5, 5.41) is 21.8. The van der Waals surface area contributed by atoms with Gasteiger partial charge >= 0.3 is 6.18 Å². The van der Waals surface area contributed by atoms with E-state index in [1.54, 1.807) is 6.07 Å². The summed E-state index contributed by atoms with van der Waals surface area (Å²) in [5.74, 6) is -0.0612. The first-order chi connectivity index (χ1) is 9.86. The first kappa shape index (κ1) is 15.2. The Morgan fingerprint density at radius 1 is 0.905 bits per heavy atom. The number of phenols is 2. The minimum atomic E-state index is -4.33. The van der Waals surface area contributed by atoms with Crippen molar-refractivity contribution in [1.29, 1.82) is 0 Å². The molecule has 0 spiro atoms. The number of aromatic hydroxyl groups is 2. The summed E-state index contributed by atoms with van der Waals surface area (Å²) in [4.78, 5) is 0. The molecule has 0 bridgehead atoms. The molecule has 0 heterocycles. The Hall–Kier alpha value is -2.21. The monoisotopic (exact) mass is 297 g/mol. The highest BCUT2D eigenvalue weighted by Crippen LogP contribution is 2.29. The highest BCUT2D eigenvalue weighted by Gasteiger charge is 2.29. The molecule has 0 aliphatic rings. The first-order valence-electron chi connectivity index (χ1n) is 6.24. The molecule has 0 saturated carbocycles. The van der Waals surface area contributed by atoms with Gasteiger partial charge in [0, 0.05) is 24.7 Å². The second-order valence-corrected chi connectivity index (χ2v) is 4.61. The molecule has 0 saturated heterocycles. The van der Waals surface area contributed by atoms with Crippen molar-refractivity contribution in [2.45, 2.75) is 19.3 Å². The first-order valence-corrected chi connectivity index (χ1v) is 6.24. The van der Waals surface area contributed by atoms with Gasteiger partial charge in [-0.3, -0.25) is 0 Å². The van der Waals surface area contributed by atoms with Gasteiger partial charge in [-0.05, 0) is 23.8 Å². The number of phenolic OH excluding ortho intramolecular Hbond substituents is 2. The number of benzene rings is 2. The maximum absolute atomic E-state index is 12.4. The minimum Gasteiger partial charge on any atom is -0.508 e. The molecule has 112 valence electrons. The van der Waals surface area contributed by atoms with Crippen molar-refractivity contribution in [2.24, 2.45) is 0 Å². The zero-order valence-electron chi connectivity index (χ0n) is 11.0. The third kappa shape index (κ3) is 4.13. The third-order valence-corrected chi connectivity index (χ3v) is 2.99. The maximum atomic E-state index is 12.4. The lowest BCUT2D eigenvalue weighted by molar-refractivity contribution is -0.137. The third-order valence-electron chi connectivity index (χ3n) is 2.99. The van der Waals surface area contributed by atoms with Crippen molar-refractivity contribution in [3.05, 3.63) is 59.2 Å². The minimum absolute atomic E-state index is 0.0287. The molecule has 2 aromatic rings.